The number of carbonyl (C=O) groups is 2. The van der Waals surface area contributed by atoms with Crippen LogP contribution < -0.4 is 0 Å². The number of benzene rings is 2. The number of ether oxygens (including phenoxy) is 2. The number of hydrogen-bond acceptors (Lipinski definition) is 8. The molecule has 0 fully saturated rings. The minimum Gasteiger partial charge on any atom is -0.464 e. The van der Waals surface area contributed by atoms with Crippen molar-refractivity contribution >= 4 is 23.3 Å². The van der Waals surface area contributed by atoms with Gasteiger partial charge in [-0.15, -0.1) is 0 Å². The van der Waals surface area contributed by atoms with Crippen molar-refractivity contribution in [3.05, 3.63) is 87.1 Å². The Hall–Kier alpha value is -4.32. The molecule has 0 saturated carbocycles. The standard InChI is InChI=1S/C29H31N3O6/c1-3-9-23-26(28(33)37-18-8-17-30)25(21-13-15-22(16-14-21)32(35)36)27(24(31-23)10-4-2)29(34)38-19-20-11-6-5-7-12-20/h5-7,11-16,25-26H,3-4,8-10,18-19H2,1-2H3. The van der Waals surface area contributed by atoms with Crippen LogP contribution in [0.3, 0.4) is 0 Å². The summed E-state index contributed by atoms with van der Waals surface area (Å²) in [5.41, 5.74) is 2.62. The van der Waals surface area contributed by atoms with Crippen LogP contribution in [0.5, 0.6) is 0 Å². The maximum absolute atomic E-state index is 13.7. The molecule has 2 aromatic rings. The lowest BCUT2D eigenvalue weighted by Gasteiger charge is -2.33. The number of esters is 2. The highest BCUT2D eigenvalue weighted by Crippen LogP contribution is 2.42. The lowest BCUT2D eigenvalue weighted by Crippen LogP contribution is -2.38. The van der Waals surface area contributed by atoms with Gasteiger partial charge in [-0.2, -0.15) is 5.26 Å². The second-order valence-corrected chi connectivity index (χ2v) is 8.90. The van der Waals surface area contributed by atoms with Gasteiger partial charge < -0.3 is 9.47 Å². The third-order valence-electron chi connectivity index (χ3n) is 6.19. The number of aliphatic imine (C=N–C) groups is 1. The number of non-ortho nitro benzene ring substituents is 1. The van der Waals surface area contributed by atoms with Crippen molar-refractivity contribution in [1.82, 2.24) is 0 Å². The Morgan fingerprint density at radius 2 is 1.71 bits per heavy atom. The van der Waals surface area contributed by atoms with E-state index in [0.717, 1.165) is 5.56 Å². The first-order chi connectivity index (χ1) is 18.4. The monoisotopic (exact) mass is 517 g/mol. The predicted molar refractivity (Wildman–Crippen MR) is 141 cm³/mol. The molecule has 1 heterocycles. The molecule has 0 aliphatic carbocycles. The van der Waals surface area contributed by atoms with Crippen LogP contribution in [0.2, 0.25) is 0 Å². The topological polar surface area (TPSA) is 132 Å². The Balaban J connectivity index is 2.13. The highest BCUT2D eigenvalue weighted by molar-refractivity contribution is 6.08. The van der Waals surface area contributed by atoms with E-state index < -0.39 is 28.7 Å². The number of rotatable bonds is 12. The van der Waals surface area contributed by atoms with E-state index in [9.17, 15) is 19.7 Å². The van der Waals surface area contributed by atoms with Crippen molar-refractivity contribution in [2.24, 2.45) is 10.9 Å². The molecule has 1 aliphatic rings. The molecule has 0 radical (unpaired) electrons. The molecule has 3 rings (SSSR count). The van der Waals surface area contributed by atoms with Crippen LogP contribution in [0.15, 0.2) is 70.9 Å². The molecular weight excluding hydrogens is 486 g/mol. The first-order valence-corrected chi connectivity index (χ1v) is 12.7. The Morgan fingerprint density at radius 1 is 1.03 bits per heavy atom. The molecule has 0 aromatic heterocycles. The van der Waals surface area contributed by atoms with Gasteiger partial charge in [0, 0.05) is 23.8 Å². The number of hydrogen-bond donors (Lipinski definition) is 0. The molecule has 0 amide bonds. The van der Waals surface area contributed by atoms with Crippen LogP contribution in [-0.2, 0) is 25.7 Å². The van der Waals surface area contributed by atoms with E-state index in [1.165, 1.54) is 12.1 Å². The summed E-state index contributed by atoms with van der Waals surface area (Å²) in [6, 6.07) is 17.0. The Kier molecular flexibility index (Phi) is 10.3. The molecule has 198 valence electrons. The molecule has 0 bridgehead atoms. The molecule has 9 nitrogen and oxygen atoms in total. The molecule has 2 atom stereocenters. The summed E-state index contributed by atoms with van der Waals surface area (Å²) in [7, 11) is 0. The van der Waals surface area contributed by atoms with Crippen molar-refractivity contribution in [1.29, 1.82) is 5.26 Å². The number of carbonyl (C=O) groups excluding carboxylic acids is 2. The third kappa shape index (κ3) is 6.91. The fourth-order valence-electron chi connectivity index (χ4n) is 4.50. The Bertz CT molecular complexity index is 1250. The van der Waals surface area contributed by atoms with Gasteiger partial charge in [-0.25, -0.2) is 4.79 Å². The number of nitro benzene ring substituents is 1. The molecular formula is C29H31N3O6. The highest BCUT2D eigenvalue weighted by atomic mass is 16.6. The Labute approximate surface area is 221 Å². The van der Waals surface area contributed by atoms with Crippen LogP contribution in [0.1, 0.15) is 63.0 Å². The van der Waals surface area contributed by atoms with Crippen molar-refractivity contribution < 1.29 is 24.0 Å². The molecule has 0 spiro atoms. The lowest BCUT2D eigenvalue weighted by atomic mass is 9.74. The molecule has 2 unspecified atom stereocenters. The lowest BCUT2D eigenvalue weighted by molar-refractivity contribution is -0.384. The van der Waals surface area contributed by atoms with Gasteiger partial charge >= 0.3 is 11.9 Å². The first kappa shape index (κ1) is 28.3. The average molecular weight is 518 g/mol. The molecule has 2 aromatic carbocycles. The van der Waals surface area contributed by atoms with Crippen molar-refractivity contribution in [2.75, 3.05) is 6.61 Å². The normalized spacial score (nSPS) is 16.8. The number of allylic oxidation sites excluding steroid dienone is 1. The molecule has 0 saturated heterocycles. The van der Waals surface area contributed by atoms with Gasteiger partial charge in [-0.3, -0.25) is 19.9 Å². The maximum Gasteiger partial charge on any atom is 0.336 e. The molecule has 38 heavy (non-hydrogen) atoms. The van der Waals surface area contributed by atoms with E-state index in [4.69, 9.17) is 19.7 Å². The summed E-state index contributed by atoms with van der Waals surface area (Å²) in [6.45, 7) is 3.89. The van der Waals surface area contributed by atoms with Gasteiger partial charge in [-0.05, 0) is 24.0 Å². The highest BCUT2D eigenvalue weighted by Gasteiger charge is 2.44. The largest absolute Gasteiger partial charge is 0.464 e. The maximum atomic E-state index is 13.7. The summed E-state index contributed by atoms with van der Waals surface area (Å²) in [6.07, 6.45) is 2.44. The van der Waals surface area contributed by atoms with Crippen LogP contribution in [0.25, 0.3) is 0 Å². The second-order valence-electron chi connectivity index (χ2n) is 8.90. The van der Waals surface area contributed by atoms with Crippen LogP contribution >= 0.6 is 0 Å². The second kappa shape index (κ2) is 13.8. The third-order valence-corrected chi connectivity index (χ3v) is 6.19. The van der Waals surface area contributed by atoms with Crippen LogP contribution in [0, 0.1) is 27.4 Å². The smallest absolute Gasteiger partial charge is 0.336 e. The average Bonchev–Trinajstić information content (AvgIpc) is 2.92. The van der Waals surface area contributed by atoms with E-state index in [1.54, 1.807) is 12.1 Å². The predicted octanol–water partition coefficient (Wildman–Crippen LogP) is 5.80. The molecule has 9 heteroatoms. The van der Waals surface area contributed by atoms with E-state index >= 15 is 0 Å². The zero-order valence-electron chi connectivity index (χ0n) is 21.6. The zero-order chi connectivity index (χ0) is 27.5. The van der Waals surface area contributed by atoms with E-state index in [2.05, 4.69) is 0 Å². The van der Waals surface area contributed by atoms with Gasteiger partial charge in [0.05, 0.1) is 28.7 Å². The summed E-state index contributed by atoms with van der Waals surface area (Å²) >= 11 is 0. The minimum absolute atomic E-state index is 0.0316. The summed E-state index contributed by atoms with van der Waals surface area (Å²) < 4.78 is 11.1. The fraction of sp³-hybridized carbons (Fsp3) is 0.379. The first-order valence-electron chi connectivity index (χ1n) is 12.7. The van der Waals surface area contributed by atoms with Crippen molar-refractivity contribution in [2.45, 2.75) is 58.5 Å². The van der Waals surface area contributed by atoms with Gasteiger partial charge in [-0.1, -0.05) is 69.2 Å². The molecule has 1 aliphatic heterocycles. The summed E-state index contributed by atoms with van der Waals surface area (Å²) in [5.74, 6) is -2.95. The summed E-state index contributed by atoms with van der Waals surface area (Å²) in [5, 5.41) is 20.2. The number of nitriles is 1. The SMILES string of the molecule is CCCC1=NC(CCC)=C(C(=O)OCc2ccccc2)C(c2ccc([N+](=O)[O-])cc2)C1C(=O)OCCC#N. The number of nitrogens with zero attached hydrogens (tertiary/aromatic N) is 3. The zero-order valence-corrected chi connectivity index (χ0v) is 21.6. The van der Waals surface area contributed by atoms with Crippen molar-refractivity contribution in [3.8, 4) is 6.07 Å². The van der Waals surface area contributed by atoms with E-state index in [0.29, 0.717) is 42.7 Å². The van der Waals surface area contributed by atoms with Gasteiger partial charge in [0.2, 0.25) is 0 Å². The fourth-order valence-corrected chi connectivity index (χ4v) is 4.50. The summed E-state index contributed by atoms with van der Waals surface area (Å²) in [4.78, 5) is 42.7. The van der Waals surface area contributed by atoms with Crippen LogP contribution in [0.4, 0.5) is 5.69 Å². The number of nitro groups is 1. The molecule has 0 N–H and O–H groups in total. The van der Waals surface area contributed by atoms with Gasteiger partial charge in [0.15, 0.2) is 0 Å². The van der Waals surface area contributed by atoms with Crippen molar-refractivity contribution in [3.63, 3.8) is 0 Å². The van der Waals surface area contributed by atoms with E-state index in [-0.39, 0.29) is 30.9 Å². The van der Waals surface area contributed by atoms with E-state index in [1.807, 2.05) is 50.2 Å². The quantitative estimate of drug-likeness (QED) is 0.150. The van der Waals surface area contributed by atoms with Gasteiger partial charge in [0.25, 0.3) is 5.69 Å². The van der Waals surface area contributed by atoms with Crippen LogP contribution in [-0.4, -0.2) is 29.2 Å². The van der Waals surface area contributed by atoms with Gasteiger partial charge in [0.1, 0.15) is 19.1 Å². The minimum atomic E-state index is -0.935. The Morgan fingerprint density at radius 3 is 2.32 bits per heavy atom.